The van der Waals surface area contributed by atoms with Crippen molar-refractivity contribution in [3.8, 4) is 11.8 Å². The summed E-state index contributed by atoms with van der Waals surface area (Å²) < 4.78 is 9.71. The molecular weight excluding hydrogens is 545 g/mol. The fourth-order valence-electron chi connectivity index (χ4n) is 5.35. The van der Waals surface area contributed by atoms with E-state index in [1.54, 1.807) is 7.05 Å². The van der Waals surface area contributed by atoms with E-state index in [1.807, 2.05) is 25.2 Å². The van der Waals surface area contributed by atoms with Crippen LogP contribution in [0.2, 0.25) is 23.2 Å². The predicted octanol–water partition coefficient (Wildman–Crippen LogP) is 4.39. The Morgan fingerprint density at radius 1 is 0.902 bits per heavy atom. The van der Waals surface area contributed by atoms with Crippen molar-refractivity contribution >= 4 is 27.0 Å². The maximum Gasteiger partial charge on any atom is 0.330 e. The third-order valence-electron chi connectivity index (χ3n) is 8.47. The van der Waals surface area contributed by atoms with Gasteiger partial charge in [-0.1, -0.05) is 107 Å². The maximum atomic E-state index is 12.7. The summed E-state index contributed by atoms with van der Waals surface area (Å²) in [5.74, 6) is 6.29. The van der Waals surface area contributed by atoms with E-state index in [1.165, 1.54) is 28.2 Å². The first-order valence-electron chi connectivity index (χ1n) is 14.2. The van der Waals surface area contributed by atoms with Gasteiger partial charge in [-0.3, -0.25) is 9.36 Å². The van der Waals surface area contributed by atoms with Crippen molar-refractivity contribution in [3.05, 3.63) is 93.3 Å². The molecule has 0 amide bonds. The Kier molecular flexibility index (Phi) is 9.92. The van der Waals surface area contributed by atoms with E-state index >= 15 is 0 Å². The van der Waals surface area contributed by atoms with Crippen LogP contribution in [0.1, 0.15) is 53.0 Å². The molecule has 0 radical (unpaired) electrons. The minimum Gasteiger partial charge on any atom is -0.432 e. The van der Waals surface area contributed by atoms with Crippen molar-refractivity contribution in [2.75, 3.05) is 6.61 Å². The minimum atomic E-state index is -2.76. The van der Waals surface area contributed by atoms with Gasteiger partial charge in [0, 0.05) is 33.3 Å². The number of aryl methyl sites for hydroxylation is 1. The molecule has 3 rings (SSSR count). The Balaban J connectivity index is 2.06. The lowest BCUT2D eigenvalue weighted by Gasteiger charge is -2.44. The van der Waals surface area contributed by atoms with Gasteiger partial charge in [-0.15, -0.1) is 0 Å². The van der Waals surface area contributed by atoms with Crippen LogP contribution in [0.5, 0.6) is 0 Å². The van der Waals surface area contributed by atoms with Crippen LogP contribution in [-0.4, -0.2) is 37.2 Å². The maximum absolute atomic E-state index is 12.7. The predicted molar refractivity (Wildman–Crippen MR) is 174 cm³/mol. The number of aromatic nitrogens is 2. The summed E-state index contributed by atoms with van der Waals surface area (Å²) in [4.78, 5) is 35.9. The van der Waals surface area contributed by atoms with Crippen LogP contribution >= 0.6 is 0 Å². The van der Waals surface area contributed by atoms with Crippen molar-refractivity contribution in [1.82, 2.24) is 9.13 Å². The molecule has 0 aliphatic rings. The van der Waals surface area contributed by atoms with Crippen molar-refractivity contribution in [2.45, 2.75) is 70.6 Å². The minimum absolute atomic E-state index is 0.0226. The van der Waals surface area contributed by atoms with E-state index in [0.29, 0.717) is 13.0 Å². The first kappa shape index (κ1) is 32.5. The molecule has 1 atom stereocenters. The smallest absolute Gasteiger partial charge is 0.330 e. The summed E-state index contributed by atoms with van der Waals surface area (Å²) in [7, 11) is -2.18. The highest BCUT2D eigenvalue weighted by molar-refractivity contribution is 6.99. The fourth-order valence-corrected chi connectivity index (χ4v) is 10.8. The van der Waals surface area contributed by atoms with E-state index in [9.17, 15) is 14.4 Å². The summed E-state index contributed by atoms with van der Waals surface area (Å²) in [6, 6.07) is 21.1. The molecule has 8 heteroatoms. The summed E-state index contributed by atoms with van der Waals surface area (Å²) in [5.41, 5.74) is -0.490. The van der Waals surface area contributed by atoms with Gasteiger partial charge in [0.15, 0.2) is 8.32 Å². The molecule has 6 nitrogen and oxygen atoms in total. The molecule has 0 saturated carbocycles. The fraction of sp³-hybridized carbons (Fsp3) is 0.455. The van der Waals surface area contributed by atoms with Crippen molar-refractivity contribution in [3.63, 3.8) is 0 Å². The molecule has 0 unspecified atom stereocenters. The van der Waals surface area contributed by atoms with Crippen LogP contribution in [0.3, 0.4) is 0 Å². The Bertz CT molecular complexity index is 1460. The number of rotatable bonds is 9. The van der Waals surface area contributed by atoms with E-state index in [0.717, 1.165) is 11.0 Å². The third-order valence-corrected chi connectivity index (χ3v) is 17.0. The molecule has 0 bridgehead atoms. The lowest BCUT2D eigenvalue weighted by molar-refractivity contribution is 0.215. The molecule has 0 saturated heterocycles. The van der Waals surface area contributed by atoms with Crippen LogP contribution in [-0.2, 0) is 18.5 Å². The molecular formula is C33H46N2O4Si2. The first-order valence-corrected chi connectivity index (χ1v) is 19.1. The summed E-state index contributed by atoms with van der Waals surface area (Å²) in [6.07, 6.45) is 2.73. The highest BCUT2D eigenvalue weighted by Crippen LogP contribution is 2.43. The SMILES string of the molecule is Cn1cc(C#CC[C@@H](CO[Si](c2ccccc2)(c2ccccc2)C(C)(C)C)CC(C)(C)[Si](C)(C)O)c(=O)n(C)c1=O. The van der Waals surface area contributed by atoms with Crippen molar-refractivity contribution in [2.24, 2.45) is 20.0 Å². The summed E-state index contributed by atoms with van der Waals surface area (Å²) in [5, 5.41) is 2.00. The van der Waals surface area contributed by atoms with Crippen LogP contribution in [0.4, 0.5) is 0 Å². The molecule has 220 valence electrons. The topological polar surface area (TPSA) is 73.5 Å². The Labute approximate surface area is 247 Å². The zero-order chi connectivity index (χ0) is 30.6. The second-order valence-electron chi connectivity index (χ2n) is 13.3. The second-order valence-corrected chi connectivity index (χ2v) is 22.1. The van der Waals surface area contributed by atoms with Gasteiger partial charge in [-0.2, -0.15) is 0 Å². The molecule has 41 heavy (non-hydrogen) atoms. The van der Waals surface area contributed by atoms with Gasteiger partial charge in [0.1, 0.15) is 5.56 Å². The molecule has 3 aromatic rings. The lowest BCUT2D eigenvalue weighted by atomic mass is 9.94. The first-order chi connectivity index (χ1) is 19.0. The summed E-state index contributed by atoms with van der Waals surface area (Å²) >= 11 is 0. The highest BCUT2D eigenvalue weighted by atomic mass is 28.4. The van der Waals surface area contributed by atoms with Crippen LogP contribution in [0, 0.1) is 17.8 Å². The zero-order valence-electron chi connectivity index (χ0n) is 26.1. The average molecular weight is 591 g/mol. The van der Waals surface area contributed by atoms with Crippen molar-refractivity contribution in [1.29, 1.82) is 0 Å². The average Bonchev–Trinajstić information content (AvgIpc) is 2.90. The zero-order valence-corrected chi connectivity index (χ0v) is 28.1. The number of hydrogen-bond acceptors (Lipinski definition) is 4. The van der Waals surface area contributed by atoms with Gasteiger partial charge in [0.25, 0.3) is 13.9 Å². The van der Waals surface area contributed by atoms with Crippen LogP contribution in [0.25, 0.3) is 0 Å². The molecule has 0 spiro atoms. The number of nitrogens with zero attached hydrogens (tertiary/aromatic N) is 2. The molecule has 0 fully saturated rings. The summed E-state index contributed by atoms with van der Waals surface area (Å²) in [6.45, 7) is 15.5. The van der Waals surface area contributed by atoms with E-state index < -0.39 is 22.2 Å². The monoisotopic (exact) mass is 590 g/mol. The van der Waals surface area contributed by atoms with Gasteiger partial charge in [0.2, 0.25) is 0 Å². The normalized spacial score (nSPS) is 13.4. The molecule has 1 aromatic heterocycles. The Morgan fingerprint density at radius 3 is 1.88 bits per heavy atom. The van der Waals surface area contributed by atoms with Gasteiger partial charge in [-0.05, 0) is 45.9 Å². The van der Waals surface area contributed by atoms with Gasteiger partial charge >= 0.3 is 5.69 Å². The van der Waals surface area contributed by atoms with Gasteiger partial charge in [-0.25, -0.2) is 4.79 Å². The van der Waals surface area contributed by atoms with Crippen LogP contribution < -0.4 is 21.6 Å². The molecule has 1 N–H and O–H groups in total. The molecule has 1 heterocycles. The van der Waals surface area contributed by atoms with Crippen molar-refractivity contribution < 1.29 is 9.22 Å². The van der Waals surface area contributed by atoms with E-state index in [2.05, 4.69) is 95.0 Å². The number of benzene rings is 2. The van der Waals surface area contributed by atoms with E-state index in [4.69, 9.17) is 4.43 Å². The molecule has 2 aromatic carbocycles. The largest absolute Gasteiger partial charge is 0.432 e. The van der Waals surface area contributed by atoms with Gasteiger partial charge in [0.05, 0.1) is 0 Å². The quantitative estimate of drug-likeness (QED) is 0.297. The lowest BCUT2D eigenvalue weighted by Crippen LogP contribution is -2.67. The Hall–Kier alpha value is -2.97. The Morgan fingerprint density at radius 2 is 1.41 bits per heavy atom. The van der Waals surface area contributed by atoms with E-state index in [-0.39, 0.29) is 27.2 Å². The molecule has 0 aliphatic heterocycles. The third kappa shape index (κ3) is 7.10. The van der Waals surface area contributed by atoms with Gasteiger partial charge < -0.3 is 13.8 Å². The molecule has 0 aliphatic carbocycles. The number of hydrogen-bond donors (Lipinski definition) is 1. The highest BCUT2D eigenvalue weighted by Gasteiger charge is 2.50. The standard InChI is InChI=1S/C33H46N2O4Si2/c1-32(2,3)41(28-19-12-10-13-20-28,29-21-14-11-15-22-29)39-25-26(23-33(4,5)40(8,9)38)17-16-18-27-24-34(6)31(37)35(7)30(27)36/h10-15,19-22,24,26,38H,17,23,25H2,1-9H3/t26-/m1/s1. The second kappa shape index (κ2) is 12.5. The van der Waals surface area contributed by atoms with Crippen LogP contribution in [0.15, 0.2) is 76.4 Å².